The lowest BCUT2D eigenvalue weighted by Gasteiger charge is -2.14. The van der Waals surface area contributed by atoms with E-state index in [2.05, 4.69) is 5.32 Å². The lowest BCUT2D eigenvalue weighted by atomic mass is 10.2. The summed E-state index contributed by atoms with van der Waals surface area (Å²) < 4.78 is 49.5. The lowest BCUT2D eigenvalue weighted by Crippen LogP contribution is -2.27. The first-order chi connectivity index (χ1) is 13.9. The number of benzene rings is 2. The summed E-state index contributed by atoms with van der Waals surface area (Å²) in [5.41, 5.74) is 0.00615. The predicted octanol–water partition coefficient (Wildman–Crippen LogP) is 1.56. The third-order valence-corrected chi connectivity index (χ3v) is 7.07. The Labute approximate surface area is 178 Å². The number of aliphatic carboxylic acids is 1. The van der Waals surface area contributed by atoms with Gasteiger partial charge in [0.2, 0.25) is 10.0 Å². The van der Waals surface area contributed by atoms with Crippen LogP contribution in [0, 0.1) is 0 Å². The first-order valence-corrected chi connectivity index (χ1v) is 12.1. The number of amides is 1. The number of primary sulfonamides is 1. The number of sulfone groups is 1. The van der Waals surface area contributed by atoms with Crippen molar-refractivity contribution in [3.8, 4) is 0 Å². The summed E-state index contributed by atoms with van der Waals surface area (Å²) in [5, 5.41) is 15.7. The minimum atomic E-state index is -4.33. The number of carbonyl (C=O) groups is 2. The first-order valence-electron chi connectivity index (χ1n) is 8.55. The number of rotatable bonds is 9. The van der Waals surface area contributed by atoms with Gasteiger partial charge in [0.15, 0.2) is 9.84 Å². The molecule has 0 heterocycles. The number of nitrogens with two attached hydrogens (primary N) is 1. The SMILES string of the molecule is NS(=O)(=O)c1cc(C(=O)NCCCC(=O)O)c(S(=O)(=O)Cc2ccccc2)cc1Cl. The second-order valence-corrected chi connectivity index (χ2v) is 10.2. The molecule has 12 heteroatoms. The van der Waals surface area contributed by atoms with Crippen molar-refractivity contribution in [2.45, 2.75) is 28.4 Å². The quantitative estimate of drug-likeness (QED) is 0.464. The van der Waals surface area contributed by atoms with Gasteiger partial charge in [0.1, 0.15) is 4.90 Å². The first kappa shape index (κ1) is 23.8. The number of sulfonamides is 1. The Hall–Kier alpha value is -2.47. The van der Waals surface area contributed by atoms with Gasteiger partial charge in [-0.1, -0.05) is 41.9 Å². The summed E-state index contributed by atoms with van der Waals surface area (Å²) in [7, 11) is -8.42. The van der Waals surface area contributed by atoms with E-state index in [1.54, 1.807) is 30.3 Å². The number of hydrogen-bond donors (Lipinski definition) is 3. The maximum absolute atomic E-state index is 13.0. The molecule has 0 radical (unpaired) electrons. The second kappa shape index (κ2) is 9.56. The molecule has 0 saturated carbocycles. The Bertz CT molecular complexity index is 1160. The van der Waals surface area contributed by atoms with Crippen LogP contribution in [0.1, 0.15) is 28.8 Å². The second-order valence-electron chi connectivity index (χ2n) is 6.32. The van der Waals surface area contributed by atoms with Gasteiger partial charge in [0.25, 0.3) is 5.91 Å². The van der Waals surface area contributed by atoms with Crippen molar-refractivity contribution in [1.29, 1.82) is 0 Å². The Morgan fingerprint density at radius 2 is 1.67 bits per heavy atom. The van der Waals surface area contributed by atoms with Gasteiger partial charge < -0.3 is 10.4 Å². The van der Waals surface area contributed by atoms with Gasteiger partial charge in [-0.15, -0.1) is 0 Å². The maximum atomic E-state index is 13.0. The predicted molar refractivity (Wildman–Crippen MR) is 109 cm³/mol. The van der Waals surface area contributed by atoms with Gasteiger partial charge in [0, 0.05) is 13.0 Å². The number of carboxylic acids is 1. The fourth-order valence-electron chi connectivity index (χ4n) is 2.60. The molecule has 162 valence electrons. The van der Waals surface area contributed by atoms with E-state index in [0.717, 1.165) is 12.1 Å². The Morgan fingerprint density at radius 1 is 1.03 bits per heavy atom. The zero-order valence-corrected chi connectivity index (χ0v) is 17.9. The summed E-state index contributed by atoms with van der Waals surface area (Å²) >= 11 is 5.94. The van der Waals surface area contributed by atoms with Gasteiger partial charge in [-0.25, -0.2) is 22.0 Å². The third-order valence-electron chi connectivity index (χ3n) is 3.97. The van der Waals surface area contributed by atoms with Gasteiger partial charge in [-0.05, 0) is 24.1 Å². The summed E-state index contributed by atoms with van der Waals surface area (Å²) in [6.07, 6.45) is -0.106. The van der Waals surface area contributed by atoms with E-state index in [-0.39, 0.29) is 19.4 Å². The van der Waals surface area contributed by atoms with Gasteiger partial charge in [0.05, 0.1) is 21.2 Å². The smallest absolute Gasteiger partial charge is 0.303 e. The lowest BCUT2D eigenvalue weighted by molar-refractivity contribution is -0.137. The van der Waals surface area contributed by atoms with Crippen molar-refractivity contribution in [3.63, 3.8) is 0 Å². The molecule has 2 aromatic carbocycles. The van der Waals surface area contributed by atoms with Crippen LogP contribution in [0.4, 0.5) is 0 Å². The Morgan fingerprint density at radius 3 is 2.23 bits per heavy atom. The number of carboxylic acid groups (broad SMARTS) is 1. The van der Waals surface area contributed by atoms with Crippen LogP contribution >= 0.6 is 11.6 Å². The highest BCUT2D eigenvalue weighted by Gasteiger charge is 2.27. The monoisotopic (exact) mass is 474 g/mol. The van der Waals surface area contributed by atoms with E-state index in [4.69, 9.17) is 21.8 Å². The summed E-state index contributed by atoms with van der Waals surface area (Å²) in [5.74, 6) is -2.40. The molecule has 0 unspecified atom stereocenters. The average molecular weight is 475 g/mol. The molecule has 30 heavy (non-hydrogen) atoms. The Balaban J connectivity index is 2.48. The molecule has 2 aromatic rings. The standard InChI is InChI=1S/C18H19ClN2O7S2/c19-14-10-15(29(25,26)11-12-5-2-1-3-6-12)13(9-16(14)30(20,27)28)18(24)21-8-4-7-17(22)23/h1-3,5-6,9-10H,4,7-8,11H2,(H,21,24)(H,22,23)(H2,20,27,28). The zero-order chi connectivity index (χ0) is 22.5. The molecule has 0 aliphatic rings. The molecule has 2 rings (SSSR count). The molecule has 9 nitrogen and oxygen atoms in total. The van der Waals surface area contributed by atoms with E-state index in [9.17, 15) is 26.4 Å². The van der Waals surface area contributed by atoms with Crippen LogP contribution < -0.4 is 10.5 Å². The van der Waals surface area contributed by atoms with Crippen LogP contribution in [0.15, 0.2) is 52.3 Å². The van der Waals surface area contributed by atoms with Crippen LogP contribution in [0.5, 0.6) is 0 Å². The largest absolute Gasteiger partial charge is 0.481 e. The van der Waals surface area contributed by atoms with E-state index < -0.39 is 57.9 Å². The maximum Gasteiger partial charge on any atom is 0.303 e. The van der Waals surface area contributed by atoms with Crippen molar-refractivity contribution in [3.05, 3.63) is 58.6 Å². The zero-order valence-electron chi connectivity index (χ0n) is 15.5. The molecular weight excluding hydrogens is 456 g/mol. The van der Waals surface area contributed by atoms with Crippen molar-refractivity contribution < 1.29 is 31.5 Å². The highest BCUT2D eigenvalue weighted by atomic mass is 35.5. The highest BCUT2D eigenvalue weighted by molar-refractivity contribution is 7.91. The topological polar surface area (TPSA) is 161 Å². The third kappa shape index (κ3) is 6.26. The van der Waals surface area contributed by atoms with Crippen LogP contribution in [0.25, 0.3) is 0 Å². The van der Waals surface area contributed by atoms with Crippen molar-refractivity contribution in [2.75, 3.05) is 6.54 Å². The minimum Gasteiger partial charge on any atom is -0.481 e. The molecule has 0 fully saturated rings. The molecule has 0 spiro atoms. The molecule has 0 atom stereocenters. The molecule has 4 N–H and O–H groups in total. The van der Waals surface area contributed by atoms with Gasteiger partial charge in [-0.2, -0.15) is 0 Å². The number of halogens is 1. The van der Waals surface area contributed by atoms with E-state index >= 15 is 0 Å². The van der Waals surface area contributed by atoms with Crippen molar-refractivity contribution >= 4 is 43.3 Å². The summed E-state index contributed by atoms with van der Waals surface area (Å²) in [4.78, 5) is 22.1. The molecular formula is C18H19ClN2O7S2. The van der Waals surface area contributed by atoms with Crippen LogP contribution in [0.2, 0.25) is 5.02 Å². The van der Waals surface area contributed by atoms with E-state index in [0.29, 0.717) is 5.56 Å². The fraction of sp³-hybridized carbons (Fsp3) is 0.222. The number of hydrogen-bond acceptors (Lipinski definition) is 6. The van der Waals surface area contributed by atoms with Crippen LogP contribution in [-0.2, 0) is 30.4 Å². The highest BCUT2D eigenvalue weighted by Crippen LogP contribution is 2.29. The van der Waals surface area contributed by atoms with E-state index in [1.807, 2.05) is 0 Å². The van der Waals surface area contributed by atoms with Crippen LogP contribution in [-0.4, -0.2) is 40.4 Å². The summed E-state index contributed by atoms with van der Waals surface area (Å²) in [6, 6.07) is 9.88. The number of nitrogens with one attached hydrogen (secondary N) is 1. The minimum absolute atomic E-state index is 0.0589. The fourth-order valence-corrected chi connectivity index (χ4v) is 5.33. The normalized spacial score (nSPS) is 11.8. The molecule has 0 aliphatic carbocycles. The van der Waals surface area contributed by atoms with Crippen molar-refractivity contribution in [2.24, 2.45) is 5.14 Å². The number of carbonyl (C=O) groups excluding carboxylic acids is 1. The Kier molecular flexibility index (Phi) is 7.59. The molecule has 0 bridgehead atoms. The summed E-state index contributed by atoms with van der Waals surface area (Å²) in [6.45, 7) is -0.0589. The molecule has 0 saturated heterocycles. The van der Waals surface area contributed by atoms with Crippen molar-refractivity contribution in [1.82, 2.24) is 5.32 Å². The molecule has 0 aromatic heterocycles. The average Bonchev–Trinajstić information content (AvgIpc) is 2.64. The molecule has 1 amide bonds. The van der Waals surface area contributed by atoms with Gasteiger partial charge in [-0.3, -0.25) is 9.59 Å². The molecule has 0 aliphatic heterocycles. The van der Waals surface area contributed by atoms with Crippen LogP contribution in [0.3, 0.4) is 0 Å². The van der Waals surface area contributed by atoms with E-state index in [1.165, 1.54) is 0 Å². The van der Waals surface area contributed by atoms with Gasteiger partial charge >= 0.3 is 5.97 Å².